The van der Waals surface area contributed by atoms with Gasteiger partial charge in [-0.05, 0) is 27.7 Å². The lowest BCUT2D eigenvalue weighted by molar-refractivity contribution is -0.145. The van der Waals surface area contributed by atoms with Crippen molar-refractivity contribution in [3.8, 4) is 0 Å². The molecule has 114 valence electrons. The highest BCUT2D eigenvalue weighted by atomic mass is 79.9. The first-order chi connectivity index (χ1) is 9.19. The van der Waals surface area contributed by atoms with Crippen LogP contribution in [0.5, 0.6) is 0 Å². The molecule has 0 unspecified atom stereocenters. The third-order valence-corrected chi connectivity index (χ3v) is 3.57. The molecule has 1 aliphatic rings. The van der Waals surface area contributed by atoms with Gasteiger partial charge in [0.25, 0.3) is 0 Å². The Kier molecular flexibility index (Phi) is 5.62. The average molecular weight is 345 g/mol. The van der Waals surface area contributed by atoms with E-state index in [-0.39, 0.29) is 17.5 Å². The summed E-state index contributed by atoms with van der Waals surface area (Å²) in [4.78, 5) is 20.6. The fourth-order valence-corrected chi connectivity index (χ4v) is 2.96. The Morgan fingerprint density at radius 3 is 2.55 bits per heavy atom. The van der Waals surface area contributed by atoms with Crippen molar-refractivity contribution in [1.29, 1.82) is 0 Å². The summed E-state index contributed by atoms with van der Waals surface area (Å²) >= 11 is 3.31. The van der Waals surface area contributed by atoms with Gasteiger partial charge in [-0.15, -0.1) is 0 Å². The number of guanidine groups is 1. The van der Waals surface area contributed by atoms with Crippen LogP contribution in [0.15, 0.2) is 16.1 Å². The van der Waals surface area contributed by atoms with Crippen LogP contribution in [0.1, 0.15) is 27.7 Å². The molecule has 0 aromatic heterocycles. The van der Waals surface area contributed by atoms with Crippen molar-refractivity contribution < 1.29 is 4.79 Å². The van der Waals surface area contributed by atoms with Crippen molar-refractivity contribution in [2.24, 2.45) is 4.99 Å². The van der Waals surface area contributed by atoms with Gasteiger partial charge in [0.1, 0.15) is 0 Å². The molecule has 1 heterocycles. The Morgan fingerprint density at radius 2 is 2.15 bits per heavy atom. The third kappa shape index (κ3) is 3.98. The SMILES string of the molecule is C=C(Br)CNC(=NC)N1CC(=O)N(C(C)C)C(C)(C)C1. The molecule has 0 aliphatic carbocycles. The highest BCUT2D eigenvalue weighted by Gasteiger charge is 2.40. The lowest BCUT2D eigenvalue weighted by atomic mass is 9.96. The van der Waals surface area contributed by atoms with Gasteiger partial charge in [-0.1, -0.05) is 22.5 Å². The van der Waals surface area contributed by atoms with E-state index in [2.05, 4.69) is 60.5 Å². The first kappa shape index (κ1) is 17.0. The minimum atomic E-state index is -0.216. The van der Waals surface area contributed by atoms with Crippen LogP contribution in [0.4, 0.5) is 0 Å². The van der Waals surface area contributed by atoms with Crippen LogP contribution in [-0.4, -0.2) is 59.9 Å². The zero-order valence-electron chi connectivity index (χ0n) is 13.0. The van der Waals surface area contributed by atoms with Crippen LogP contribution in [0.25, 0.3) is 0 Å². The quantitative estimate of drug-likeness (QED) is 0.627. The zero-order chi connectivity index (χ0) is 15.5. The molecule has 0 radical (unpaired) electrons. The maximum Gasteiger partial charge on any atom is 0.242 e. The van der Waals surface area contributed by atoms with Gasteiger partial charge in [-0.2, -0.15) is 0 Å². The summed E-state index contributed by atoms with van der Waals surface area (Å²) < 4.78 is 0.852. The van der Waals surface area contributed by atoms with Gasteiger partial charge < -0.3 is 15.1 Å². The number of halogens is 1. The number of rotatable bonds is 3. The Bertz CT molecular complexity index is 417. The van der Waals surface area contributed by atoms with Crippen LogP contribution in [0, 0.1) is 0 Å². The molecule has 1 rings (SSSR count). The number of hydrogen-bond donors (Lipinski definition) is 1. The fourth-order valence-electron chi connectivity index (χ4n) is 2.82. The van der Waals surface area contributed by atoms with Gasteiger partial charge in [0, 0.05) is 30.7 Å². The van der Waals surface area contributed by atoms with E-state index in [1.807, 2.05) is 9.80 Å². The van der Waals surface area contributed by atoms with Crippen molar-refractivity contribution in [2.75, 3.05) is 26.7 Å². The number of amides is 1. The van der Waals surface area contributed by atoms with Crippen molar-refractivity contribution in [1.82, 2.24) is 15.1 Å². The van der Waals surface area contributed by atoms with Gasteiger partial charge in [0.05, 0.1) is 12.1 Å². The first-order valence-electron chi connectivity index (χ1n) is 6.80. The predicted molar refractivity (Wildman–Crippen MR) is 87.1 cm³/mol. The van der Waals surface area contributed by atoms with Gasteiger partial charge >= 0.3 is 0 Å². The van der Waals surface area contributed by atoms with Crippen LogP contribution >= 0.6 is 15.9 Å². The molecule has 0 spiro atoms. The molecule has 5 nitrogen and oxygen atoms in total. The lowest BCUT2D eigenvalue weighted by Gasteiger charge is -2.49. The Hall–Kier alpha value is -1.04. The van der Waals surface area contributed by atoms with Crippen LogP contribution < -0.4 is 5.32 Å². The first-order valence-corrected chi connectivity index (χ1v) is 7.59. The summed E-state index contributed by atoms with van der Waals surface area (Å²) in [5, 5.41) is 3.20. The number of nitrogens with zero attached hydrogens (tertiary/aromatic N) is 3. The summed E-state index contributed by atoms with van der Waals surface area (Å²) in [7, 11) is 1.73. The minimum Gasteiger partial charge on any atom is -0.352 e. The second-order valence-corrected chi connectivity index (χ2v) is 7.07. The van der Waals surface area contributed by atoms with E-state index in [0.29, 0.717) is 13.1 Å². The maximum absolute atomic E-state index is 12.4. The van der Waals surface area contributed by atoms with E-state index in [1.165, 1.54) is 0 Å². The average Bonchev–Trinajstić information content (AvgIpc) is 2.26. The van der Waals surface area contributed by atoms with Crippen LogP contribution in [-0.2, 0) is 4.79 Å². The minimum absolute atomic E-state index is 0.136. The number of aliphatic imine (C=N–C) groups is 1. The molecule has 0 saturated carbocycles. The second-order valence-electron chi connectivity index (χ2n) is 5.94. The van der Waals surface area contributed by atoms with Crippen LogP contribution in [0.3, 0.4) is 0 Å². The molecule has 1 amide bonds. The highest BCUT2D eigenvalue weighted by Crippen LogP contribution is 2.24. The van der Waals surface area contributed by atoms with E-state index in [1.54, 1.807) is 7.05 Å². The van der Waals surface area contributed by atoms with E-state index in [0.717, 1.165) is 17.0 Å². The van der Waals surface area contributed by atoms with E-state index in [4.69, 9.17) is 0 Å². The molecule has 6 heteroatoms. The molecule has 1 N–H and O–H groups in total. The van der Waals surface area contributed by atoms with Crippen molar-refractivity contribution >= 4 is 27.8 Å². The molecular weight excluding hydrogens is 320 g/mol. The summed E-state index contributed by atoms with van der Waals surface area (Å²) in [5.41, 5.74) is -0.216. The summed E-state index contributed by atoms with van der Waals surface area (Å²) in [6, 6.07) is 0.206. The topological polar surface area (TPSA) is 47.9 Å². The van der Waals surface area contributed by atoms with Crippen molar-refractivity contribution in [3.05, 3.63) is 11.1 Å². The van der Waals surface area contributed by atoms with Gasteiger partial charge in [-0.3, -0.25) is 9.79 Å². The molecule has 1 saturated heterocycles. The molecule has 0 atom stereocenters. The molecular formula is C14H25BrN4O. The van der Waals surface area contributed by atoms with Crippen molar-refractivity contribution in [3.63, 3.8) is 0 Å². The normalized spacial score (nSPS) is 19.6. The van der Waals surface area contributed by atoms with E-state index < -0.39 is 0 Å². The van der Waals surface area contributed by atoms with Gasteiger partial charge in [-0.25, -0.2) is 0 Å². The number of carbonyl (C=O) groups excluding carboxylic acids is 1. The van der Waals surface area contributed by atoms with E-state index >= 15 is 0 Å². The lowest BCUT2D eigenvalue weighted by Crippen LogP contribution is -2.66. The maximum atomic E-state index is 12.4. The molecule has 0 aromatic carbocycles. The summed E-state index contributed by atoms with van der Waals surface area (Å²) in [6.45, 7) is 13.8. The Labute approximate surface area is 130 Å². The summed E-state index contributed by atoms with van der Waals surface area (Å²) in [6.07, 6.45) is 0. The molecule has 1 fully saturated rings. The molecule has 0 bridgehead atoms. The largest absolute Gasteiger partial charge is 0.352 e. The van der Waals surface area contributed by atoms with E-state index in [9.17, 15) is 4.79 Å². The number of piperazine rings is 1. The zero-order valence-corrected chi connectivity index (χ0v) is 14.6. The number of carbonyl (C=O) groups is 1. The third-order valence-electron chi connectivity index (χ3n) is 3.29. The molecule has 1 aliphatic heterocycles. The van der Waals surface area contributed by atoms with Crippen LogP contribution in [0.2, 0.25) is 0 Å². The second kappa shape index (κ2) is 6.61. The number of hydrogen-bond acceptors (Lipinski definition) is 2. The molecule has 20 heavy (non-hydrogen) atoms. The molecule has 0 aromatic rings. The monoisotopic (exact) mass is 344 g/mol. The van der Waals surface area contributed by atoms with Gasteiger partial charge in [0.2, 0.25) is 5.91 Å². The van der Waals surface area contributed by atoms with Crippen molar-refractivity contribution in [2.45, 2.75) is 39.3 Å². The predicted octanol–water partition coefficient (Wildman–Crippen LogP) is 1.80. The Morgan fingerprint density at radius 1 is 1.55 bits per heavy atom. The van der Waals surface area contributed by atoms with Gasteiger partial charge in [0.15, 0.2) is 5.96 Å². The highest BCUT2D eigenvalue weighted by molar-refractivity contribution is 9.11. The Balaban J connectivity index is 2.85. The summed E-state index contributed by atoms with van der Waals surface area (Å²) in [5.74, 6) is 0.868. The fraction of sp³-hybridized carbons (Fsp3) is 0.714. The number of nitrogens with one attached hydrogen (secondary N) is 1. The smallest absolute Gasteiger partial charge is 0.242 e. The standard InChI is InChI=1S/C14H25BrN4O/c1-10(2)19-12(20)8-18(9-14(19,4)5)13(16-6)17-7-11(3)15/h10H,3,7-9H2,1-2,4-6H3,(H,16,17).